The lowest BCUT2D eigenvalue weighted by Crippen LogP contribution is -2.44. The topological polar surface area (TPSA) is 68.2 Å². The maximum atomic E-state index is 6.19. The van der Waals surface area contributed by atoms with Crippen molar-refractivity contribution in [1.29, 1.82) is 0 Å². The Labute approximate surface area is 115 Å². The molecular formula is C12H23ClN4O. The van der Waals surface area contributed by atoms with Gasteiger partial charge in [-0.2, -0.15) is 4.98 Å². The molecular weight excluding hydrogens is 252 g/mol. The van der Waals surface area contributed by atoms with Crippen molar-refractivity contribution >= 4 is 12.4 Å². The van der Waals surface area contributed by atoms with Crippen LogP contribution >= 0.6 is 12.4 Å². The average molecular weight is 275 g/mol. The maximum Gasteiger partial charge on any atom is 0.244 e. The molecule has 0 spiro atoms. The van der Waals surface area contributed by atoms with Gasteiger partial charge in [0, 0.05) is 0 Å². The summed E-state index contributed by atoms with van der Waals surface area (Å²) in [4.78, 5) is 6.61. The molecule has 1 aromatic rings. The minimum atomic E-state index is -0.338. The highest BCUT2D eigenvalue weighted by Crippen LogP contribution is 2.37. The molecule has 1 aromatic heterocycles. The molecule has 1 aliphatic carbocycles. The van der Waals surface area contributed by atoms with Gasteiger partial charge in [0.05, 0.1) is 11.6 Å². The van der Waals surface area contributed by atoms with E-state index in [4.69, 9.17) is 10.3 Å². The molecule has 104 valence electrons. The van der Waals surface area contributed by atoms with Gasteiger partial charge in [-0.1, -0.05) is 19.0 Å². The lowest BCUT2D eigenvalue weighted by molar-refractivity contribution is 0.180. The summed E-state index contributed by atoms with van der Waals surface area (Å²) in [6, 6.07) is 0.153. The van der Waals surface area contributed by atoms with Crippen LogP contribution in [-0.2, 0) is 5.54 Å². The van der Waals surface area contributed by atoms with E-state index in [9.17, 15) is 0 Å². The molecule has 1 saturated carbocycles. The second-order valence-electron chi connectivity index (χ2n) is 5.62. The summed E-state index contributed by atoms with van der Waals surface area (Å²) in [7, 11) is 4.05. The first kappa shape index (κ1) is 15.4. The van der Waals surface area contributed by atoms with Crippen molar-refractivity contribution in [2.75, 3.05) is 14.1 Å². The fraction of sp³-hybridized carbons (Fsp3) is 0.833. The standard InChI is InChI=1S/C12H22N4O.ClH/c1-8(2)9(16(3)4)10-14-11(15-17-10)12(13)6-5-7-12;/h8-9H,5-7,13H2,1-4H3;1H/t9-;/m0./s1. The predicted octanol–water partition coefficient (Wildman–Crippen LogP) is 2.09. The zero-order chi connectivity index (χ0) is 12.6. The Hall–Kier alpha value is -0.650. The Bertz CT molecular complexity index is 379. The van der Waals surface area contributed by atoms with Crippen LogP contribution in [0.2, 0.25) is 0 Å². The molecule has 2 N–H and O–H groups in total. The Morgan fingerprint density at radius 3 is 2.33 bits per heavy atom. The fourth-order valence-corrected chi connectivity index (χ4v) is 2.44. The third-order valence-corrected chi connectivity index (χ3v) is 3.57. The van der Waals surface area contributed by atoms with Crippen LogP contribution in [0.4, 0.5) is 0 Å². The van der Waals surface area contributed by atoms with Crippen LogP contribution in [0.1, 0.15) is 50.9 Å². The van der Waals surface area contributed by atoms with Gasteiger partial charge in [0.1, 0.15) is 0 Å². The number of halogens is 1. The average Bonchev–Trinajstić information content (AvgIpc) is 2.62. The summed E-state index contributed by atoms with van der Waals surface area (Å²) in [5, 5.41) is 4.06. The SMILES string of the molecule is CC(C)[C@@H](c1nc(C2(N)CCC2)no1)N(C)C.Cl. The second kappa shape index (κ2) is 5.55. The van der Waals surface area contributed by atoms with Crippen LogP contribution in [0, 0.1) is 5.92 Å². The van der Waals surface area contributed by atoms with Crippen molar-refractivity contribution in [2.45, 2.75) is 44.7 Å². The van der Waals surface area contributed by atoms with E-state index in [1.165, 1.54) is 0 Å². The highest BCUT2D eigenvalue weighted by Gasteiger charge is 2.39. The zero-order valence-corrected chi connectivity index (χ0v) is 12.3. The van der Waals surface area contributed by atoms with Crippen LogP contribution < -0.4 is 5.73 Å². The smallest absolute Gasteiger partial charge is 0.244 e. The molecule has 0 aliphatic heterocycles. The number of aromatic nitrogens is 2. The summed E-state index contributed by atoms with van der Waals surface area (Å²) < 4.78 is 5.39. The number of nitrogens with zero attached hydrogens (tertiary/aromatic N) is 3. The van der Waals surface area contributed by atoms with E-state index in [-0.39, 0.29) is 24.0 Å². The second-order valence-corrected chi connectivity index (χ2v) is 5.62. The van der Waals surface area contributed by atoms with Crippen molar-refractivity contribution in [3.63, 3.8) is 0 Å². The lowest BCUT2D eigenvalue weighted by atomic mass is 9.77. The maximum absolute atomic E-state index is 6.19. The molecule has 0 amide bonds. The first-order valence-corrected chi connectivity index (χ1v) is 6.23. The largest absolute Gasteiger partial charge is 0.338 e. The summed E-state index contributed by atoms with van der Waals surface area (Å²) in [5.41, 5.74) is 5.85. The van der Waals surface area contributed by atoms with E-state index in [1.54, 1.807) is 0 Å². The van der Waals surface area contributed by atoms with Crippen LogP contribution in [0.15, 0.2) is 4.52 Å². The summed E-state index contributed by atoms with van der Waals surface area (Å²) in [6.07, 6.45) is 3.07. The highest BCUT2D eigenvalue weighted by molar-refractivity contribution is 5.85. The first-order chi connectivity index (χ1) is 7.94. The number of nitrogens with two attached hydrogens (primary N) is 1. The van der Waals surface area contributed by atoms with Crippen LogP contribution in [0.3, 0.4) is 0 Å². The lowest BCUT2D eigenvalue weighted by Gasteiger charge is -2.34. The van der Waals surface area contributed by atoms with Crippen molar-refractivity contribution < 1.29 is 4.52 Å². The molecule has 18 heavy (non-hydrogen) atoms. The van der Waals surface area contributed by atoms with Crippen molar-refractivity contribution in [1.82, 2.24) is 15.0 Å². The number of hydrogen-bond acceptors (Lipinski definition) is 5. The zero-order valence-electron chi connectivity index (χ0n) is 11.5. The fourth-order valence-electron chi connectivity index (χ4n) is 2.44. The monoisotopic (exact) mass is 274 g/mol. The van der Waals surface area contributed by atoms with Gasteiger partial charge in [-0.25, -0.2) is 0 Å². The van der Waals surface area contributed by atoms with E-state index in [1.807, 2.05) is 14.1 Å². The molecule has 0 saturated heterocycles. The molecule has 5 nitrogen and oxygen atoms in total. The molecule has 1 heterocycles. The minimum absolute atomic E-state index is 0. The van der Waals surface area contributed by atoms with E-state index < -0.39 is 0 Å². The summed E-state index contributed by atoms with van der Waals surface area (Å²) >= 11 is 0. The van der Waals surface area contributed by atoms with Gasteiger partial charge < -0.3 is 10.3 Å². The van der Waals surface area contributed by atoms with Gasteiger partial charge in [-0.3, -0.25) is 4.90 Å². The molecule has 0 radical (unpaired) electrons. The first-order valence-electron chi connectivity index (χ1n) is 6.23. The molecule has 1 aliphatic rings. The van der Waals surface area contributed by atoms with Crippen LogP contribution in [-0.4, -0.2) is 29.1 Å². The van der Waals surface area contributed by atoms with E-state index in [2.05, 4.69) is 28.9 Å². The van der Waals surface area contributed by atoms with Gasteiger partial charge in [0.15, 0.2) is 5.82 Å². The number of rotatable bonds is 4. The van der Waals surface area contributed by atoms with Gasteiger partial charge in [-0.05, 0) is 39.3 Å². The molecule has 1 atom stereocenters. The van der Waals surface area contributed by atoms with E-state index in [0.717, 1.165) is 19.3 Å². The van der Waals surface area contributed by atoms with Crippen LogP contribution in [0.5, 0.6) is 0 Å². The van der Waals surface area contributed by atoms with Crippen LogP contribution in [0.25, 0.3) is 0 Å². The molecule has 1 fully saturated rings. The van der Waals surface area contributed by atoms with Gasteiger partial charge in [0.25, 0.3) is 0 Å². The van der Waals surface area contributed by atoms with E-state index in [0.29, 0.717) is 17.6 Å². The Kier molecular flexibility index (Phi) is 4.75. The summed E-state index contributed by atoms with van der Waals surface area (Å²) in [6.45, 7) is 4.30. The molecule has 6 heteroatoms. The summed E-state index contributed by atoms with van der Waals surface area (Å²) in [5.74, 6) is 1.77. The quantitative estimate of drug-likeness (QED) is 0.910. The minimum Gasteiger partial charge on any atom is -0.338 e. The Morgan fingerprint density at radius 2 is 1.94 bits per heavy atom. The predicted molar refractivity (Wildman–Crippen MR) is 72.5 cm³/mol. The molecule has 0 unspecified atom stereocenters. The van der Waals surface area contributed by atoms with Crippen molar-refractivity contribution in [3.05, 3.63) is 11.7 Å². The third-order valence-electron chi connectivity index (χ3n) is 3.57. The van der Waals surface area contributed by atoms with E-state index >= 15 is 0 Å². The highest BCUT2D eigenvalue weighted by atomic mass is 35.5. The Balaban J connectivity index is 0.00000162. The van der Waals surface area contributed by atoms with Gasteiger partial charge in [0.2, 0.25) is 5.89 Å². The normalized spacial score (nSPS) is 19.5. The molecule has 2 rings (SSSR count). The Morgan fingerprint density at radius 1 is 1.33 bits per heavy atom. The van der Waals surface area contributed by atoms with Crippen molar-refractivity contribution in [2.24, 2.45) is 11.7 Å². The third kappa shape index (κ3) is 2.68. The molecule has 0 bridgehead atoms. The van der Waals surface area contributed by atoms with Gasteiger partial charge in [-0.15, -0.1) is 12.4 Å². The molecule has 0 aromatic carbocycles. The van der Waals surface area contributed by atoms with Gasteiger partial charge >= 0.3 is 0 Å². The van der Waals surface area contributed by atoms with Crippen molar-refractivity contribution in [3.8, 4) is 0 Å². The number of hydrogen-bond donors (Lipinski definition) is 1.